The van der Waals surface area contributed by atoms with Crippen molar-refractivity contribution in [3.8, 4) is 0 Å². The zero-order valence-electron chi connectivity index (χ0n) is 20.6. The van der Waals surface area contributed by atoms with Gasteiger partial charge in [-0.1, -0.05) is 35.9 Å². The number of carbonyl (C=O) groups excluding carboxylic acids is 1. The predicted octanol–water partition coefficient (Wildman–Crippen LogP) is 5.13. The average molecular weight is 471 g/mol. The van der Waals surface area contributed by atoms with E-state index in [1.807, 2.05) is 19.1 Å². The van der Waals surface area contributed by atoms with Gasteiger partial charge in [0.15, 0.2) is 0 Å². The van der Waals surface area contributed by atoms with Crippen molar-refractivity contribution < 1.29 is 9.90 Å². The topological polar surface area (TPSA) is 69.5 Å². The van der Waals surface area contributed by atoms with Crippen LogP contribution in [0.4, 0.5) is 11.4 Å². The molecule has 1 saturated heterocycles. The van der Waals surface area contributed by atoms with Crippen LogP contribution in [0.3, 0.4) is 0 Å². The lowest BCUT2D eigenvalue weighted by molar-refractivity contribution is -0.117. The number of rotatable bonds is 7. The third kappa shape index (κ3) is 4.90. The number of fused-ring (bicyclic) bond motifs is 3. The summed E-state index contributed by atoms with van der Waals surface area (Å²) in [5, 5.41) is 18.8. The van der Waals surface area contributed by atoms with Crippen LogP contribution in [0.2, 0.25) is 0 Å². The molecule has 1 aromatic heterocycles. The summed E-state index contributed by atoms with van der Waals surface area (Å²) in [4.78, 5) is 15.0. The van der Waals surface area contributed by atoms with E-state index in [1.165, 1.54) is 21.8 Å². The molecule has 4 aromatic rings. The van der Waals surface area contributed by atoms with Gasteiger partial charge in [0.1, 0.15) is 0 Å². The number of carbonyl (C=O) groups is 1. The molecule has 1 aliphatic heterocycles. The lowest BCUT2D eigenvalue weighted by Gasteiger charge is -2.32. The van der Waals surface area contributed by atoms with Gasteiger partial charge in [-0.05, 0) is 57.0 Å². The van der Waals surface area contributed by atoms with E-state index >= 15 is 0 Å². The summed E-state index contributed by atoms with van der Waals surface area (Å²) in [6.07, 6.45) is 1.93. The van der Waals surface area contributed by atoms with Gasteiger partial charge in [-0.25, -0.2) is 0 Å². The van der Waals surface area contributed by atoms with Crippen molar-refractivity contribution >= 4 is 39.1 Å². The highest BCUT2D eigenvalue weighted by Crippen LogP contribution is 2.31. The molecule has 182 valence electrons. The van der Waals surface area contributed by atoms with E-state index in [0.717, 1.165) is 55.0 Å². The number of piperidine rings is 1. The second-order valence-electron chi connectivity index (χ2n) is 9.55. The average Bonchev–Trinajstić information content (AvgIpc) is 3.19. The number of nitrogens with zero attached hydrogens (tertiary/aromatic N) is 2. The van der Waals surface area contributed by atoms with Crippen molar-refractivity contribution in [2.45, 2.75) is 45.9 Å². The molecule has 6 nitrogen and oxygen atoms in total. The Kier molecular flexibility index (Phi) is 6.75. The highest BCUT2D eigenvalue weighted by atomic mass is 16.3. The molecule has 3 aromatic carbocycles. The molecule has 0 unspecified atom stereocenters. The molecular weight excluding hydrogens is 436 g/mol. The number of anilines is 2. The van der Waals surface area contributed by atoms with Gasteiger partial charge in [-0.15, -0.1) is 0 Å². The lowest BCUT2D eigenvalue weighted by Crippen LogP contribution is -2.42. The summed E-state index contributed by atoms with van der Waals surface area (Å²) >= 11 is 0. The molecule has 0 saturated carbocycles. The predicted molar refractivity (Wildman–Crippen MR) is 144 cm³/mol. The largest absolute Gasteiger partial charge is 0.392 e. The van der Waals surface area contributed by atoms with Crippen LogP contribution in [0.15, 0.2) is 60.7 Å². The SMILES string of the molecule is CCn1c2ccccc2c2cc(NC(=O)CN3CCC(Nc4ccc(C)cc4CO)CC3)ccc21. The Morgan fingerprint density at radius 1 is 1.00 bits per heavy atom. The van der Waals surface area contributed by atoms with Crippen molar-refractivity contribution in [2.24, 2.45) is 0 Å². The minimum atomic E-state index is 0.0242. The summed E-state index contributed by atoms with van der Waals surface area (Å²) in [5.74, 6) is 0.0242. The maximum absolute atomic E-state index is 12.8. The molecule has 5 rings (SSSR count). The van der Waals surface area contributed by atoms with Gasteiger partial charge in [0.2, 0.25) is 5.91 Å². The third-order valence-corrected chi connectivity index (χ3v) is 7.12. The second-order valence-corrected chi connectivity index (χ2v) is 9.55. The first-order valence-corrected chi connectivity index (χ1v) is 12.6. The number of nitrogens with one attached hydrogen (secondary N) is 2. The van der Waals surface area contributed by atoms with Crippen molar-refractivity contribution in [1.82, 2.24) is 9.47 Å². The Labute approximate surface area is 206 Å². The molecule has 0 spiro atoms. The van der Waals surface area contributed by atoms with Crippen LogP contribution in [0.5, 0.6) is 0 Å². The number of amides is 1. The van der Waals surface area contributed by atoms with Crippen molar-refractivity contribution in [3.63, 3.8) is 0 Å². The van der Waals surface area contributed by atoms with Gasteiger partial charge in [0.05, 0.1) is 13.2 Å². The molecule has 1 aliphatic rings. The number of para-hydroxylation sites is 1. The summed E-state index contributed by atoms with van der Waals surface area (Å²) in [6.45, 7) is 7.27. The second kappa shape index (κ2) is 10.1. The van der Waals surface area contributed by atoms with Crippen molar-refractivity contribution in [1.29, 1.82) is 0 Å². The Hall–Kier alpha value is -3.35. The Morgan fingerprint density at radius 2 is 1.77 bits per heavy atom. The van der Waals surface area contributed by atoms with E-state index in [0.29, 0.717) is 12.6 Å². The summed E-state index contributed by atoms with van der Waals surface area (Å²) in [5.41, 5.74) is 6.35. The molecule has 1 fully saturated rings. The molecule has 1 amide bonds. The molecule has 2 heterocycles. The molecule has 3 N–H and O–H groups in total. The fourth-order valence-corrected chi connectivity index (χ4v) is 5.33. The highest BCUT2D eigenvalue weighted by molar-refractivity contribution is 6.09. The van der Waals surface area contributed by atoms with Crippen LogP contribution in [-0.4, -0.2) is 46.2 Å². The standard InChI is InChI=1S/C29H34N4O2/c1-3-33-27-7-5-4-6-24(27)25-17-23(9-11-28(25)33)31-29(35)18-32-14-12-22(13-15-32)30-26-10-8-20(2)16-21(26)19-34/h4-11,16-17,22,30,34H,3,12-15,18-19H2,1-2H3,(H,31,35). The molecule has 35 heavy (non-hydrogen) atoms. The molecule has 0 radical (unpaired) electrons. The zero-order valence-corrected chi connectivity index (χ0v) is 20.6. The Balaban J connectivity index is 1.19. The van der Waals surface area contributed by atoms with Crippen LogP contribution in [0.1, 0.15) is 30.9 Å². The zero-order chi connectivity index (χ0) is 24.4. The van der Waals surface area contributed by atoms with Crippen molar-refractivity contribution in [2.75, 3.05) is 30.3 Å². The summed E-state index contributed by atoms with van der Waals surface area (Å²) in [6, 6.07) is 21.1. The number of likely N-dealkylation sites (tertiary alicyclic amines) is 1. The minimum absolute atomic E-state index is 0.0242. The smallest absolute Gasteiger partial charge is 0.238 e. The molecule has 0 atom stereocenters. The molecule has 0 bridgehead atoms. The number of aliphatic hydroxyl groups excluding tert-OH is 1. The van der Waals surface area contributed by atoms with E-state index in [1.54, 1.807) is 0 Å². The fraction of sp³-hybridized carbons (Fsp3) is 0.345. The Bertz CT molecular complexity index is 1350. The maximum Gasteiger partial charge on any atom is 0.238 e. The minimum Gasteiger partial charge on any atom is -0.392 e. The van der Waals surface area contributed by atoms with Crippen LogP contribution in [0, 0.1) is 6.92 Å². The first-order valence-electron chi connectivity index (χ1n) is 12.6. The first kappa shape index (κ1) is 23.4. The molecule has 0 aliphatic carbocycles. The van der Waals surface area contributed by atoms with Gasteiger partial charge in [0.25, 0.3) is 0 Å². The van der Waals surface area contributed by atoms with E-state index < -0.39 is 0 Å². The summed E-state index contributed by atoms with van der Waals surface area (Å²) < 4.78 is 2.31. The Morgan fingerprint density at radius 3 is 2.54 bits per heavy atom. The van der Waals surface area contributed by atoms with Gasteiger partial charge in [-0.3, -0.25) is 9.69 Å². The number of hydrogen-bond acceptors (Lipinski definition) is 4. The number of benzene rings is 3. The number of aryl methyl sites for hydroxylation is 2. The van der Waals surface area contributed by atoms with Gasteiger partial charge in [-0.2, -0.15) is 0 Å². The first-order chi connectivity index (χ1) is 17.1. The van der Waals surface area contributed by atoms with E-state index in [4.69, 9.17) is 0 Å². The number of aromatic nitrogens is 1. The maximum atomic E-state index is 12.8. The van der Waals surface area contributed by atoms with Crippen LogP contribution in [-0.2, 0) is 17.9 Å². The van der Waals surface area contributed by atoms with Gasteiger partial charge in [0, 0.05) is 64.4 Å². The van der Waals surface area contributed by atoms with E-state index in [-0.39, 0.29) is 12.5 Å². The van der Waals surface area contributed by atoms with E-state index in [2.05, 4.69) is 75.6 Å². The van der Waals surface area contributed by atoms with Gasteiger partial charge < -0.3 is 20.3 Å². The quantitative estimate of drug-likeness (QED) is 0.350. The third-order valence-electron chi connectivity index (χ3n) is 7.12. The van der Waals surface area contributed by atoms with Crippen LogP contribution >= 0.6 is 0 Å². The van der Waals surface area contributed by atoms with Crippen molar-refractivity contribution in [3.05, 3.63) is 71.8 Å². The fourth-order valence-electron chi connectivity index (χ4n) is 5.33. The lowest BCUT2D eigenvalue weighted by atomic mass is 10.0. The number of hydrogen-bond donors (Lipinski definition) is 3. The van der Waals surface area contributed by atoms with Crippen LogP contribution in [0.25, 0.3) is 21.8 Å². The number of aliphatic hydroxyl groups is 1. The monoisotopic (exact) mass is 470 g/mol. The highest BCUT2D eigenvalue weighted by Gasteiger charge is 2.21. The normalized spacial score (nSPS) is 15.1. The van der Waals surface area contributed by atoms with E-state index in [9.17, 15) is 9.90 Å². The molecular formula is C29H34N4O2. The van der Waals surface area contributed by atoms with Crippen LogP contribution < -0.4 is 10.6 Å². The molecule has 6 heteroatoms. The summed E-state index contributed by atoms with van der Waals surface area (Å²) in [7, 11) is 0. The van der Waals surface area contributed by atoms with Gasteiger partial charge >= 0.3 is 0 Å².